The topological polar surface area (TPSA) is 61.4 Å². The average molecular weight is 325 g/mol. The van der Waals surface area contributed by atoms with Gasteiger partial charge in [-0.25, -0.2) is 9.97 Å². The molecule has 0 atom stereocenters. The van der Waals surface area contributed by atoms with Crippen LogP contribution in [0.3, 0.4) is 0 Å². The minimum absolute atomic E-state index is 0.729. The minimum atomic E-state index is 0.729. The number of nitrogens with one attached hydrogen (secondary N) is 1. The number of anilines is 3. The molecule has 2 aromatic rings. The van der Waals surface area contributed by atoms with Crippen molar-refractivity contribution in [3.63, 3.8) is 0 Å². The Morgan fingerprint density at radius 1 is 1.00 bits per heavy atom. The number of aromatic nitrogens is 2. The van der Waals surface area contributed by atoms with Crippen LogP contribution in [0, 0.1) is 20.8 Å². The zero-order chi connectivity index (χ0) is 17.1. The summed E-state index contributed by atoms with van der Waals surface area (Å²) in [7, 11) is 0. The molecule has 2 heterocycles. The molecule has 1 amide bonds. The Bertz CT molecular complexity index is 738. The van der Waals surface area contributed by atoms with Crippen LogP contribution >= 0.6 is 0 Å². The molecular weight excluding hydrogens is 302 g/mol. The largest absolute Gasteiger partial charge is 0.353 e. The third-order valence-corrected chi connectivity index (χ3v) is 4.39. The lowest BCUT2D eigenvalue weighted by Crippen LogP contribution is -2.46. The highest BCUT2D eigenvalue weighted by atomic mass is 16.1. The van der Waals surface area contributed by atoms with Gasteiger partial charge in [0, 0.05) is 37.9 Å². The van der Waals surface area contributed by atoms with E-state index in [2.05, 4.69) is 52.2 Å². The van der Waals surface area contributed by atoms with E-state index in [0.29, 0.717) is 0 Å². The SMILES string of the molecule is Cc1nc(Nc2ccc(C)c(C)c2)cc(N2CCN(C=O)CC2)n1. The van der Waals surface area contributed by atoms with Crippen LogP contribution in [0.2, 0.25) is 0 Å². The first kappa shape index (κ1) is 16.2. The van der Waals surface area contributed by atoms with Crippen LogP contribution in [0.25, 0.3) is 0 Å². The van der Waals surface area contributed by atoms with Gasteiger partial charge in [0.2, 0.25) is 6.41 Å². The van der Waals surface area contributed by atoms with Crippen LogP contribution < -0.4 is 10.2 Å². The number of aryl methyl sites for hydroxylation is 3. The third-order valence-electron chi connectivity index (χ3n) is 4.39. The van der Waals surface area contributed by atoms with Crippen LogP contribution in [0.4, 0.5) is 17.3 Å². The molecule has 1 saturated heterocycles. The second-order valence-corrected chi connectivity index (χ2v) is 6.21. The van der Waals surface area contributed by atoms with Gasteiger partial charge in [0.25, 0.3) is 0 Å². The van der Waals surface area contributed by atoms with E-state index in [1.165, 1.54) is 11.1 Å². The van der Waals surface area contributed by atoms with E-state index in [1.54, 1.807) is 4.90 Å². The van der Waals surface area contributed by atoms with Gasteiger partial charge in [0.15, 0.2) is 0 Å². The number of rotatable bonds is 4. The molecule has 0 unspecified atom stereocenters. The summed E-state index contributed by atoms with van der Waals surface area (Å²) in [6.07, 6.45) is 0.912. The number of nitrogens with zero attached hydrogens (tertiary/aromatic N) is 4. The second-order valence-electron chi connectivity index (χ2n) is 6.21. The van der Waals surface area contributed by atoms with Crippen molar-refractivity contribution < 1.29 is 4.79 Å². The Morgan fingerprint density at radius 3 is 2.42 bits per heavy atom. The molecule has 0 aliphatic carbocycles. The summed E-state index contributed by atoms with van der Waals surface area (Å²) >= 11 is 0. The first-order valence-electron chi connectivity index (χ1n) is 8.19. The van der Waals surface area contributed by atoms with Crippen LogP contribution in [0.1, 0.15) is 17.0 Å². The predicted molar refractivity (Wildman–Crippen MR) is 95.8 cm³/mol. The van der Waals surface area contributed by atoms with Gasteiger partial charge in [-0.05, 0) is 44.0 Å². The van der Waals surface area contributed by atoms with Crippen LogP contribution in [-0.4, -0.2) is 47.5 Å². The van der Waals surface area contributed by atoms with Gasteiger partial charge in [-0.2, -0.15) is 0 Å². The highest BCUT2D eigenvalue weighted by Gasteiger charge is 2.17. The van der Waals surface area contributed by atoms with Gasteiger partial charge in [-0.3, -0.25) is 4.79 Å². The molecule has 1 aromatic carbocycles. The normalized spacial score (nSPS) is 14.6. The fourth-order valence-electron chi connectivity index (χ4n) is 2.80. The van der Waals surface area contributed by atoms with E-state index in [-0.39, 0.29) is 0 Å². The molecular formula is C18H23N5O. The van der Waals surface area contributed by atoms with Gasteiger partial charge in [-0.15, -0.1) is 0 Å². The summed E-state index contributed by atoms with van der Waals surface area (Å²) < 4.78 is 0. The van der Waals surface area contributed by atoms with Gasteiger partial charge in [0.1, 0.15) is 17.5 Å². The van der Waals surface area contributed by atoms with E-state index in [0.717, 1.165) is 55.7 Å². The van der Waals surface area contributed by atoms with Crippen molar-refractivity contribution in [1.82, 2.24) is 14.9 Å². The Hall–Kier alpha value is -2.63. The van der Waals surface area contributed by atoms with Crippen LogP contribution in [0.5, 0.6) is 0 Å². The van der Waals surface area contributed by atoms with Crippen molar-refractivity contribution in [2.45, 2.75) is 20.8 Å². The maximum absolute atomic E-state index is 10.8. The van der Waals surface area contributed by atoms with Crippen molar-refractivity contribution >= 4 is 23.7 Å². The van der Waals surface area contributed by atoms with Gasteiger partial charge in [0.05, 0.1) is 0 Å². The van der Waals surface area contributed by atoms with Gasteiger partial charge >= 0.3 is 0 Å². The Balaban J connectivity index is 1.78. The van der Waals surface area contributed by atoms with E-state index < -0.39 is 0 Å². The molecule has 0 saturated carbocycles. The van der Waals surface area contributed by atoms with E-state index in [1.807, 2.05) is 13.0 Å². The molecule has 3 rings (SSSR count). The zero-order valence-electron chi connectivity index (χ0n) is 14.4. The summed E-state index contributed by atoms with van der Waals surface area (Å²) in [5.74, 6) is 2.43. The standard InChI is InChI=1S/C18H23N5O/c1-13-4-5-16(10-14(13)2)21-17-11-18(20-15(3)19-17)23-8-6-22(12-24)7-9-23/h4-5,10-12H,6-9H2,1-3H3,(H,19,20,21). The Morgan fingerprint density at radius 2 is 1.75 bits per heavy atom. The molecule has 0 bridgehead atoms. The van der Waals surface area contributed by atoms with Crippen LogP contribution in [-0.2, 0) is 4.79 Å². The van der Waals surface area contributed by atoms with Crippen molar-refractivity contribution in [3.05, 3.63) is 41.2 Å². The van der Waals surface area contributed by atoms with Gasteiger partial charge in [-0.1, -0.05) is 6.07 Å². The lowest BCUT2D eigenvalue weighted by molar-refractivity contribution is -0.118. The number of carbonyl (C=O) groups is 1. The monoisotopic (exact) mass is 325 g/mol. The number of piperazine rings is 1. The van der Waals surface area contributed by atoms with E-state index >= 15 is 0 Å². The highest BCUT2D eigenvalue weighted by Crippen LogP contribution is 2.22. The second kappa shape index (κ2) is 6.86. The Labute approximate surface area is 142 Å². The maximum atomic E-state index is 10.8. The summed E-state index contributed by atoms with van der Waals surface area (Å²) in [4.78, 5) is 23.9. The molecule has 126 valence electrons. The molecule has 24 heavy (non-hydrogen) atoms. The number of amides is 1. The van der Waals surface area contributed by atoms with Crippen molar-refractivity contribution in [2.75, 3.05) is 36.4 Å². The van der Waals surface area contributed by atoms with Crippen molar-refractivity contribution in [2.24, 2.45) is 0 Å². The molecule has 1 aromatic heterocycles. The lowest BCUT2D eigenvalue weighted by Gasteiger charge is -2.33. The fraction of sp³-hybridized carbons (Fsp3) is 0.389. The number of carbonyl (C=O) groups excluding carboxylic acids is 1. The zero-order valence-corrected chi connectivity index (χ0v) is 14.4. The molecule has 0 spiro atoms. The molecule has 1 aliphatic heterocycles. The molecule has 1 fully saturated rings. The molecule has 0 radical (unpaired) electrons. The first-order valence-corrected chi connectivity index (χ1v) is 8.19. The number of benzene rings is 1. The lowest BCUT2D eigenvalue weighted by atomic mass is 10.1. The summed E-state index contributed by atoms with van der Waals surface area (Å²) in [6.45, 7) is 9.14. The molecule has 6 nitrogen and oxygen atoms in total. The number of hydrogen-bond donors (Lipinski definition) is 1. The smallest absolute Gasteiger partial charge is 0.209 e. The summed E-state index contributed by atoms with van der Waals surface area (Å²) in [5.41, 5.74) is 3.54. The van der Waals surface area contributed by atoms with E-state index in [9.17, 15) is 4.79 Å². The molecule has 1 aliphatic rings. The number of hydrogen-bond acceptors (Lipinski definition) is 5. The Kier molecular flexibility index (Phi) is 4.64. The van der Waals surface area contributed by atoms with Gasteiger partial charge < -0.3 is 15.1 Å². The summed E-state index contributed by atoms with van der Waals surface area (Å²) in [5, 5.41) is 3.37. The fourth-order valence-corrected chi connectivity index (χ4v) is 2.80. The predicted octanol–water partition coefficient (Wildman–Crippen LogP) is 2.42. The quantitative estimate of drug-likeness (QED) is 0.875. The molecule has 6 heteroatoms. The average Bonchev–Trinajstić information content (AvgIpc) is 2.58. The van der Waals surface area contributed by atoms with E-state index in [4.69, 9.17) is 0 Å². The van der Waals surface area contributed by atoms with Crippen molar-refractivity contribution in [1.29, 1.82) is 0 Å². The highest BCUT2D eigenvalue weighted by molar-refractivity contribution is 5.61. The summed E-state index contributed by atoms with van der Waals surface area (Å²) in [6, 6.07) is 8.25. The van der Waals surface area contributed by atoms with Crippen LogP contribution in [0.15, 0.2) is 24.3 Å². The molecule has 1 N–H and O–H groups in total. The first-order chi connectivity index (χ1) is 11.5. The maximum Gasteiger partial charge on any atom is 0.209 e. The van der Waals surface area contributed by atoms with Crippen molar-refractivity contribution in [3.8, 4) is 0 Å². The third kappa shape index (κ3) is 3.64. The minimum Gasteiger partial charge on any atom is -0.353 e.